The number of hydrogen-bond acceptors (Lipinski definition) is 5. The SMILES string of the molecule is Cc1nsc(NC2CCCSC2)c1C#N. The fourth-order valence-corrected chi connectivity index (χ4v) is 3.54. The number of hydrogen-bond donors (Lipinski definition) is 1. The first-order valence-corrected chi connectivity index (χ1v) is 6.94. The predicted octanol–water partition coefficient (Wildman–Crippen LogP) is 2.63. The van der Waals surface area contributed by atoms with Crippen LogP contribution < -0.4 is 5.32 Å². The quantitative estimate of drug-likeness (QED) is 0.862. The molecule has 1 aliphatic rings. The summed E-state index contributed by atoms with van der Waals surface area (Å²) < 4.78 is 4.20. The minimum absolute atomic E-state index is 0.510. The Morgan fingerprint density at radius 2 is 2.47 bits per heavy atom. The van der Waals surface area contributed by atoms with Crippen molar-refractivity contribution >= 4 is 28.3 Å². The lowest BCUT2D eigenvalue weighted by atomic mass is 10.2. The molecule has 0 aromatic carbocycles. The van der Waals surface area contributed by atoms with E-state index in [1.807, 2.05) is 18.7 Å². The minimum atomic E-state index is 0.510. The van der Waals surface area contributed by atoms with E-state index in [4.69, 9.17) is 5.26 Å². The molecule has 1 aromatic rings. The monoisotopic (exact) mass is 239 g/mol. The molecule has 3 nitrogen and oxygen atoms in total. The van der Waals surface area contributed by atoms with Gasteiger partial charge in [0.2, 0.25) is 0 Å². The van der Waals surface area contributed by atoms with Gasteiger partial charge in [-0.15, -0.1) is 0 Å². The first-order valence-electron chi connectivity index (χ1n) is 5.02. The number of anilines is 1. The molecule has 1 aromatic heterocycles. The molecular weight excluding hydrogens is 226 g/mol. The van der Waals surface area contributed by atoms with Crippen LogP contribution in [-0.2, 0) is 0 Å². The highest BCUT2D eigenvalue weighted by Gasteiger charge is 2.17. The molecule has 1 aliphatic heterocycles. The zero-order valence-corrected chi connectivity index (χ0v) is 10.2. The molecule has 0 amide bonds. The predicted molar refractivity (Wildman–Crippen MR) is 65.5 cm³/mol. The third-order valence-corrected chi connectivity index (χ3v) is 4.56. The van der Waals surface area contributed by atoms with Gasteiger partial charge in [-0.25, -0.2) is 0 Å². The Labute approximate surface area is 98.0 Å². The molecule has 0 bridgehead atoms. The lowest BCUT2D eigenvalue weighted by Crippen LogP contribution is -2.25. The topological polar surface area (TPSA) is 48.7 Å². The Bertz CT molecular complexity index is 375. The zero-order chi connectivity index (χ0) is 10.7. The lowest BCUT2D eigenvalue weighted by molar-refractivity contribution is 0.686. The normalized spacial score (nSPS) is 20.9. The molecule has 5 heteroatoms. The van der Waals surface area contributed by atoms with E-state index in [-0.39, 0.29) is 0 Å². The second-order valence-electron chi connectivity index (χ2n) is 3.64. The Balaban J connectivity index is 2.06. The van der Waals surface area contributed by atoms with Crippen LogP contribution in [0.4, 0.5) is 5.00 Å². The van der Waals surface area contributed by atoms with Gasteiger partial charge in [0.15, 0.2) is 0 Å². The van der Waals surface area contributed by atoms with E-state index in [9.17, 15) is 0 Å². The third kappa shape index (κ3) is 2.44. The van der Waals surface area contributed by atoms with Gasteiger partial charge in [-0.05, 0) is 37.1 Å². The van der Waals surface area contributed by atoms with Crippen LogP contribution in [0.25, 0.3) is 0 Å². The van der Waals surface area contributed by atoms with E-state index in [0.717, 1.165) is 22.0 Å². The van der Waals surface area contributed by atoms with Gasteiger partial charge in [-0.1, -0.05) is 0 Å². The summed E-state index contributed by atoms with van der Waals surface area (Å²) in [6, 6.07) is 2.72. The van der Waals surface area contributed by atoms with Crippen molar-refractivity contribution in [2.45, 2.75) is 25.8 Å². The van der Waals surface area contributed by atoms with Gasteiger partial charge in [-0.2, -0.15) is 21.4 Å². The van der Waals surface area contributed by atoms with Crippen LogP contribution in [0, 0.1) is 18.3 Å². The van der Waals surface area contributed by atoms with Crippen molar-refractivity contribution in [2.75, 3.05) is 16.8 Å². The van der Waals surface area contributed by atoms with Gasteiger partial charge < -0.3 is 5.32 Å². The second kappa shape index (κ2) is 4.86. The molecule has 1 atom stereocenters. The highest BCUT2D eigenvalue weighted by atomic mass is 32.2. The van der Waals surface area contributed by atoms with Gasteiger partial charge in [0, 0.05) is 11.8 Å². The summed E-state index contributed by atoms with van der Waals surface area (Å²) in [7, 11) is 0. The fourth-order valence-electron chi connectivity index (χ4n) is 1.64. The van der Waals surface area contributed by atoms with Crippen LogP contribution in [0.5, 0.6) is 0 Å². The largest absolute Gasteiger partial charge is 0.371 e. The first-order chi connectivity index (χ1) is 7.31. The standard InChI is InChI=1S/C10H13N3S2/c1-7-9(5-11)10(15-13-7)12-8-3-2-4-14-6-8/h8,12H,2-4,6H2,1H3. The number of aromatic nitrogens is 1. The molecule has 1 unspecified atom stereocenters. The number of aryl methyl sites for hydroxylation is 1. The lowest BCUT2D eigenvalue weighted by Gasteiger charge is -2.22. The molecule has 1 N–H and O–H groups in total. The number of nitrogens with one attached hydrogen (secondary N) is 1. The van der Waals surface area contributed by atoms with E-state index in [1.54, 1.807) is 0 Å². The van der Waals surface area contributed by atoms with E-state index in [2.05, 4.69) is 15.8 Å². The number of thioether (sulfide) groups is 1. The van der Waals surface area contributed by atoms with E-state index < -0.39 is 0 Å². The molecule has 0 radical (unpaired) electrons. The summed E-state index contributed by atoms with van der Waals surface area (Å²) in [5.74, 6) is 2.41. The van der Waals surface area contributed by atoms with Gasteiger partial charge in [0.1, 0.15) is 16.6 Å². The van der Waals surface area contributed by atoms with Gasteiger partial charge >= 0.3 is 0 Å². The molecule has 2 rings (SSSR count). The Kier molecular flexibility index (Phi) is 3.49. The van der Waals surface area contributed by atoms with Crippen molar-refractivity contribution in [3.05, 3.63) is 11.3 Å². The molecule has 0 saturated carbocycles. The van der Waals surface area contributed by atoms with Crippen molar-refractivity contribution in [3.63, 3.8) is 0 Å². The average Bonchev–Trinajstić information content (AvgIpc) is 2.61. The molecule has 1 fully saturated rings. The zero-order valence-electron chi connectivity index (χ0n) is 8.62. The molecule has 15 heavy (non-hydrogen) atoms. The van der Waals surface area contributed by atoms with E-state index >= 15 is 0 Å². The number of nitrogens with zero attached hydrogens (tertiary/aromatic N) is 2. The van der Waals surface area contributed by atoms with E-state index in [1.165, 1.54) is 30.1 Å². The van der Waals surface area contributed by atoms with Crippen molar-refractivity contribution in [2.24, 2.45) is 0 Å². The second-order valence-corrected chi connectivity index (χ2v) is 5.57. The van der Waals surface area contributed by atoms with Gasteiger partial charge in [0.25, 0.3) is 0 Å². The Morgan fingerprint density at radius 1 is 1.60 bits per heavy atom. The summed E-state index contributed by atoms with van der Waals surface area (Å²) in [6.45, 7) is 1.88. The molecule has 2 heterocycles. The molecule has 80 valence electrons. The van der Waals surface area contributed by atoms with Gasteiger partial charge in [-0.3, -0.25) is 0 Å². The highest BCUT2D eigenvalue weighted by Crippen LogP contribution is 2.27. The summed E-state index contributed by atoms with van der Waals surface area (Å²) in [4.78, 5) is 0. The Morgan fingerprint density at radius 3 is 3.13 bits per heavy atom. The summed E-state index contributed by atoms with van der Waals surface area (Å²) in [5, 5.41) is 13.4. The highest BCUT2D eigenvalue weighted by molar-refractivity contribution is 7.99. The minimum Gasteiger partial charge on any atom is -0.371 e. The first kappa shape index (κ1) is 10.8. The molecule has 0 spiro atoms. The van der Waals surface area contributed by atoms with Crippen LogP contribution in [0.15, 0.2) is 0 Å². The summed E-state index contributed by atoms with van der Waals surface area (Å²) in [6.07, 6.45) is 2.47. The smallest absolute Gasteiger partial charge is 0.127 e. The van der Waals surface area contributed by atoms with E-state index in [0.29, 0.717) is 6.04 Å². The maximum atomic E-state index is 8.99. The average molecular weight is 239 g/mol. The Hall–Kier alpha value is -0.730. The molecular formula is C10H13N3S2. The fraction of sp³-hybridized carbons (Fsp3) is 0.600. The van der Waals surface area contributed by atoms with Crippen LogP contribution >= 0.6 is 23.3 Å². The van der Waals surface area contributed by atoms with Crippen molar-refractivity contribution in [1.29, 1.82) is 5.26 Å². The number of nitriles is 1. The van der Waals surface area contributed by atoms with Crippen LogP contribution in [0.2, 0.25) is 0 Å². The van der Waals surface area contributed by atoms with Crippen LogP contribution in [0.3, 0.4) is 0 Å². The molecule has 0 aliphatic carbocycles. The van der Waals surface area contributed by atoms with Crippen molar-refractivity contribution in [3.8, 4) is 6.07 Å². The maximum Gasteiger partial charge on any atom is 0.127 e. The van der Waals surface area contributed by atoms with Gasteiger partial charge in [0.05, 0.1) is 5.69 Å². The van der Waals surface area contributed by atoms with Crippen molar-refractivity contribution < 1.29 is 0 Å². The summed E-state index contributed by atoms with van der Waals surface area (Å²) >= 11 is 3.38. The van der Waals surface area contributed by atoms with Crippen LogP contribution in [0.1, 0.15) is 24.1 Å². The number of rotatable bonds is 2. The maximum absolute atomic E-state index is 8.99. The summed E-state index contributed by atoms with van der Waals surface area (Å²) in [5.41, 5.74) is 1.56. The third-order valence-electron chi connectivity index (χ3n) is 2.47. The van der Waals surface area contributed by atoms with Crippen LogP contribution in [-0.4, -0.2) is 21.9 Å². The van der Waals surface area contributed by atoms with Crippen molar-refractivity contribution in [1.82, 2.24) is 4.37 Å². The molecule has 1 saturated heterocycles.